The Kier molecular flexibility index (Phi) is 5.51. The van der Waals surface area contributed by atoms with Gasteiger partial charge in [-0.25, -0.2) is 0 Å². The Labute approximate surface area is 181 Å². The highest BCUT2D eigenvalue weighted by Crippen LogP contribution is 2.36. The zero-order chi connectivity index (χ0) is 21.2. The smallest absolute Gasteiger partial charge is 0.233 e. The number of anilines is 1. The van der Waals surface area contributed by atoms with E-state index in [1.807, 2.05) is 29.2 Å². The maximum absolute atomic E-state index is 13.1. The highest BCUT2D eigenvalue weighted by Gasteiger charge is 2.35. The number of ether oxygens (including phenoxy) is 1. The van der Waals surface area contributed by atoms with Gasteiger partial charge in [0.1, 0.15) is 11.5 Å². The summed E-state index contributed by atoms with van der Waals surface area (Å²) in [6.07, 6.45) is 3.56. The number of amides is 1. The van der Waals surface area contributed by atoms with Crippen molar-refractivity contribution >= 4 is 11.8 Å². The molecule has 0 spiro atoms. The molecule has 1 aliphatic heterocycles. The second-order valence-corrected chi connectivity index (χ2v) is 8.33. The Bertz CT molecular complexity index is 1030. The molecule has 0 atom stereocenters. The topological polar surface area (TPSA) is 72.0 Å². The van der Waals surface area contributed by atoms with Crippen molar-refractivity contribution in [2.45, 2.75) is 32.9 Å². The lowest BCUT2D eigenvalue weighted by atomic mass is 10.0. The Balaban J connectivity index is 1.52. The molecule has 31 heavy (non-hydrogen) atoms. The standard InChI is InChI=1S/C24H27N3O4/c1-17-4-2-5-19(14-17)22-21(24(31-25-22)26-9-12-29-13-10-26)16-27(23(28)18-7-8-18)15-20-6-3-11-30-20/h2-6,11,14,18H,7-10,12-13,15-16H2,1H3. The number of rotatable bonds is 7. The van der Waals surface area contributed by atoms with E-state index in [4.69, 9.17) is 13.7 Å². The molecular formula is C24H27N3O4. The van der Waals surface area contributed by atoms with Gasteiger partial charge in [0.15, 0.2) is 0 Å². The number of aromatic nitrogens is 1. The van der Waals surface area contributed by atoms with Crippen molar-refractivity contribution in [3.05, 3.63) is 59.5 Å². The summed E-state index contributed by atoms with van der Waals surface area (Å²) in [5, 5.41) is 4.45. The predicted molar refractivity (Wildman–Crippen MR) is 115 cm³/mol. The quantitative estimate of drug-likeness (QED) is 0.574. The van der Waals surface area contributed by atoms with Crippen LogP contribution in [0.4, 0.5) is 5.88 Å². The average Bonchev–Trinajstić information content (AvgIpc) is 3.35. The number of morpholine rings is 1. The highest BCUT2D eigenvalue weighted by atomic mass is 16.5. The Morgan fingerprint density at radius 2 is 2.00 bits per heavy atom. The Hall–Kier alpha value is -3.06. The van der Waals surface area contributed by atoms with E-state index in [2.05, 4.69) is 29.1 Å². The normalized spacial score (nSPS) is 16.5. The fourth-order valence-corrected chi connectivity index (χ4v) is 4.06. The molecule has 0 radical (unpaired) electrons. The molecule has 2 fully saturated rings. The van der Waals surface area contributed by atoms with Crippen LogP contribution in [0.5, 0.6) is 0 Å². The molecule has 3 aromatic rings. The molecule has 7 nitrogen and oxygen atoms in total. The van der Waals surface area contributed by atoms with E-state index in [1.165, 1.54) is 0 Å². The van der Waals surface area contributed by atoms with Gasteiger partial charge >= 0.3 is 0 Å². The van der Waals surface area contributed by atoms with Gasteiger partial charge in [0.25, 0.3) is 0 Å². The number of hydrogen-bond donors (Lipinski definition) is 0. The number of nitrogens with zero attached hydrogens (tertiary/aromatic N) is 3. The third-order valence-corrected chi connectivity index (χ3v) is 5.87. The zero-order valence-electron chi connectivity index (χ0n) is 17.8. The molecule has 1 amide bonds. The Morgan fingerprint density at radius 1 is 1.16 bits per heavy atom. The molecule has 162 valence electrons. The van der Waals surface area contributed by atoms with E-state index in [9.17, 15) is 4.79 Å². The van der Waals surface area contributed by atoms with Crippen molar-refractivity contribution in [2.75, 3.05) is 31.2 Å². The van der Waals surface area contributed by atoms with Gasteiger partial charge in [-0.15, -0.1) is 0 Å². The minimum atomic E-state index is 0.115. The van der Waals surface area contributed by atoms with Crippen molar-refractivity contribution in [1.29, 1.82) is 0 Å². The van der Waals surface area contributed by atoms with Gasteiger partial charge < -0.3 is 23.5 Å². The number of benzene rings is 1. The number of furan rings is 1. The molecule has 0 unspecified atom stereocenters. The lowest BCUT2D eigenvalue weighted by molar-refractivity contribution is -0.134. The first-order valence-corrected chi connectivity index (χ1v) is 10.9. The van der Waals surface area contributed by atoms with Gasteiger partial charge in [-0.2, -0.15) is 0 Å². The summed E-state index contributed by atoms with van der Waals surface area (Å²) in [6.45, 7) is 5.70. The summed E-state index contributed by atoms with van der Waals surface area (Å²) >= 11 is 0. The maximum Gasteiger partial charge on any atom is 0.233 e. The largest absolute Gasteiger partial charge is 0.467 e. The summed E-state index contributed by atoms with van der Waals surface area (Å²) in [7, 11) is 0. The van der Waals surface area contributed by atoms with Crippen molar-refractivity contribution in [1.82, 2.24) is 10.1 Å². The van der Waals surface area contributed by atoms with Crippen LogP contribution in [0.15, 0.2) is 51.6 Å². The van der Waals surface area contributed by atoms with Crippen LogP contribution in [0, 0.1) is 12.8 Å². The van der Waals surface area contributed by atoms with E-state index >= 15 is 0 Å². The summed E-state index contributed by atoms with van der Waals surface area (Å²) in [5.41, 5.74) is 3.88. The van der Waals surface area contributed by atoms with E-state index in [-0.39, 0.29) is 11.8 Å². The first-order valence-electron chi connectivity index (χ1n) is 10.9. The SMILES string of the molecule is Cc1cccc(-c2noc(N3CCOCC3)c2CN(Cc2ccco2)C(=O)C2CC2)c1. The highest BCUT2D eigenvalue weighted by molar-refractivity contribution is 5.81. The molecule has 2 aromatic heterocycles. The fourth-order valence-electron chi connectivity index (χ4n) is 4.06. The van der Waals surface area contributed by atoms with Crippen molar-refractivity contribution in [3.63, 3.8) is 0 Å². The van der Waals surface area contributed by atoms with E-state index in [1.54, 1.807) is 6.26 Å². The van der Waals surface area contributed by atoms with E-state index in [0.29, 0.717) is 26.3 Å². The molecule has 1 aromatic carbocycles. The fraction of sp³-hybridized carbons (Fsp3) is 0.417. The van der Waals surface area contributed by atoms with Gasteiger partial charge in [-0.1, -0.05) is 28.9 Å². The minimum Gasteiger partial charge on any atom is -0.467 e. The molecule has 1 aliphatic carbocycles. The van der Waals surface area contributed by atoms with E-state index in [0.717, 1.165) is 60.0 Å². The number of hydrogen-bond acceptors (Lipinski definition) is 6. The second kappa shape index (κ2) is 8.59. The molecule has 0 N–H and O–H groups in total. The van der Waals surface area contributed by atoms with Crippen molar-refractivity contribution in [3.8, 4) is 11.3 Å². The predicted octanol–water partition coefficient (Wildman–Crippen LogP) is 4.02. The van der Waals surface area contributed by atoms with Gasteiger partial charge in [-0.3, -0.25) is 4.79 Å². The lowest BCUT2D eigenvalue weighted by Gasteiger charge is -2.28. The van der Waals surface area contributed by atoms with E-state index < -0.39 is 0 Å². The van der Waals surface area contributed by atoms with Gasteiger partial charge in [-0.05, 0) is 38.0 Å². The first-order chi connectivity index (χ1) is 15.2. The maximum atomic E-state index is 13.1. The lowest BCUT2D eigenvalue weighted by Crippen LogP contribution is -2.37. The van der Waals surface area contributed by atoms with Gasteiger partial charge in [0, 0.05) is 24.6 Å². The molecule has 7 heteroatoms. The molecular weight excluding hydrogens is 394 g/mol. The summed E-state index contributed by atoms with van der Waals surface area (Å²) in [5.74, 6) is 1.79. The van der Waals surface area contributed by atoms with Crippen LogP contribution in [0.25, 0.3) is 11.3 Å². The van der Waals surface area contributed by atoms with Crippen LogP contribution < -0.4 is 4.90 Å². The van der Waals surface area contributed by atoms with Crippen LogP contribution in [-0.4, -0.2) is 42.3 Å². The summed E-state index contributed by atoms with van der Waals surface area (Å²) in [4.78, 5) is 17.2. The average molecular weight is 421 g/mol. The van der Waals surface area contributed by atoms with Gasteiger partial charge in [0.2, 0.25) is 11.8 Å². The monoisotopic (exact) mass is 421 g/mol. The molecule has 2 aliphatic rings. The number of carbonyl (C=O) groups excluding carboxylic acids is 1. The molecule has 1 saturated heterocycles. The number of carbonyl (C=O) groups is 1. The number of aryl methyl sites for hydroxylation is 1. The Morgan fingerprint density at radius 3 is 2.71 bits per heavy atom. The summed E-state index contributed by atoms with van der Waals surface area (Å²) in [6, 6.07) is 12.0. The first kappa shape index (κ1) is 19.9. The van der Waals surface area contributed by atoms with Gasteiger partial charge in [0.05, 0.1) is 38.1 Å². The zero-order valence-corrected chi connectivity index (χ0v) is 17.8. The molecule has 3 heterocycles. The third kappa shape index (κ3) is 4.37. The van der Waals surface area contributed by atoms with Crippen LogP contribution in [0.3, 0.4) is 0 Å². The molecule has 1 saturated carbocycles. The molecule has 5 rings (SSSR count). The van der Waals surface area contributed by atoms with Crippen molar-refractivity contribution < 1.29 is 18.5 Å². The van der Waals surface area contributed by atoms with Crippen molar-refractivity contribution in [2.24, 2.45) is 5.92 Å². The van der Waals surface area contributed by atoms with Crippen LogP contribution >= 0.6 is 0 Å². The second-order valence-electron chi connectivity index (χ2n) is 8.33. The summed E-state index contributed by atoms with van der Waals surface area (Å²) < 4.78 is 16.9. The third-order valence-electron chi connectivity index (χ3n) is 5.87. The van der Waals surface area contributed by atoms with Crippen LogP contribution in [0.2, 0.25) is 0 Å². The van der Waals surface area contributed by atoms with Crippen LogP contribution in [0.1, 0.15) is 29.7 Å². The minimum absolute atomic E-state index is 0.115. The molecule has 0 bridgehead atoms. The van der Waals surface area contributed by atoms with Crippen LogP contribution in [-0.2, 0) is 22.6 Å².